The Bertz CT molecular complexity index is 241. The van der Waals surface area contributed by atoms with Gasteiger partial charge in [0.2, 0.25) is 0 Å². The first-order chi connectivity index (χ1) is 7.75. The number of nitrogens with one attached hydrogen (secondary N) is 1. The van der Waals surface area contributed by atoms with Gasteiger partial charge in [-0.1, -0.05) is 19.9 Å². The molecule has 0 bridgehead atoms. The summed E-state index contributed by atoms with van der Waals surface area (Å²) in [5.41, 5.74) is 0.375. The van der Waals surface area contributed by atoms with Gasteiger partial charge in [0.05, 0.1) is 0 Å². The standard InChI is InChI=1S/C14H26N2/c1-4-9-16-10-13(12-7-8-12)15-11-14(16,5-2)6-3/h4,12-13,15H,1,5-11H2,2-3H3. The quantitative estimate of drug-likeness (QED) is 0.719. The fourth-order valence-electron chi connectivity index (χ4n) is 3.11. The molecule has 0 aromatic heterocycles. The van der Waals surface area contributed by atoms with Gasteiger partial charge in [-0.05, 0) is 31.6 Å². The van der Waals surface area contributed by atoms with Gasteiger partial charge in [-0.25, -0.2) is 0 Å². The van der Waals surface area contributed by atoms with Crippen LogP contribution in [0.4, 0.5) is 0 Å². The number of hydrogen-bond donors (Lipinski definition) is 1. The minimum atomic E-state index is 0.375. The normalized spacial score (nSPS) is 30.2. The van der Waals surface area contributed by atoms with Gasteiger partial charge in [0.15, 0.2) is 0 Å². The Hall–Kier alpha value is -0.340. The van der Waals surface area contributed by atoms with E-state index in [9.17, 15) is 0 Å². The molecular formula is C14H26N2. The van der Waals surface area contributed by atoms with Crippen LogP contribution in [0.1, 0.15) is 39.5 Å². The molecule has 1 N–H and O–H groups in total. The monoisotopic (exact) mass is 222 g/mol. The second-order valence-electron chi connectivity index (χ2n) is 5.45. The molecule has 1 saturated heterocycles. The largest absolute Gasteiger partial charge is 0.311 e. The van der Waals surface area contributed by atoms with Crippen molar-refractivity contribution in [3.63, 3.8) is 0 Å². The zero-order chi connectivity index (χ0) is 11.6. The van der Waals surface area contributed by atoms with Crippen LogP contribution in [0.3, 0.4) is 0 Å². The summed E-state index contributed by atoms with van der Waals surface area (Å²) >= 11 is 0. The molecule has 2 nitrogen and oxygen atoms in total. The Morgan fingerprint density at radius 2 is 2.06 bits per heavy atom. The molecule has 1 aliphatic heterocycles. The minimum absolute atomic E-state index is 0.375. The first-order valence-electron chi connectivity index (χ1n) is 6.85. The molecule has 0 radical (unpaired) electrons. The van der Waals surface area contributed by atoms with Crippen LogP contribution in [0.25, 0.3) is 0 Å². The molecule has 1 aliphatic carbocycles. The van der Waals surface area contributed by atoms with Crippen molar-refractivity contribution in [3.05, 3.63) is 12.7 Å². The van der Waals surface area contributed by atoms with E-state index in [2.05, 4.69) is 36.7 Å². The summed E-state index contributed by atoms with van der Waals surface area (Å²) in [7, 11) is 0. The maximum absolute atomic E-state index is 3.91. The van der Waals surface area contributed by atoms with E-state index in [4.69, 9.17) is 0 Å². The molecule has 0 aromatic carbocycles. The third-order valence-corrected chi connectivity index (χ3v) is 4.64. The van der Waals surface area contributed by atoms with Crippen LogP contribution < -0.4 is 5.32 Å². The second kappa shape index (κ2) is 4.89. The molecule has 1 saturated carbocycles. The molecule has 92 valence electrons. The molecule has 16 heavy (non-hydrogen) atoms. The lowest BCUT2D eigenvalue weighted by Crippen LogP contribution is -2.64. The lowest BCUT2D eigenvalue weighted by Gasteiger charge is -2.49. The maximum Gasteiger partial charge on any atom is 0.0332 e. The summed E-state index contributed by atoms with van der Waals surface area (Å²) in [5.74, 6) is 0.957. The van der Waals surface area contributed by atoms with Gasteiger partial charge in [-0.15, -0.1) is 6.58 Å². The Balaban J connectivity index is 2.05. The van der Waals surface area contributed by atoms with E-state index >= 15 is 0 Å². The van der Waals surface area contributed by atoms with Gasteiger partial charge in [0, 0.05) is 31.2 Å². The summed E-state index contributed by atoms with van der Waals surface area (Å²) in [5, 5.41) is 3.79. The van der Waals surface area contributed by atoms with E-state index in [0.29, 0.717) is 5.54 Å². The molecule has 1 heterocycles. The van der Waals surface area contributed by atoms with Crippen LogP contribution in [-0.2, 0) is 0 Å². The highest BCUT2D eigenvalue weighted by molar-refractivity contribution is 5.02. The molecule has 0 spiro atoms. The van der Waals surface area contributed by atoms with E-state index in [0.717, 1.165) is 25.0 Å². The average Bonchev–Trinajstić information content (AvgIpc) is 3.14. The highest BCUT2D eigenvalue weighted by Crippen LogP contribution is 2.37. The zero-order valence-electron chi connectivity index (χ0n) is 10.8. The van der Waals surface area contributed by atoms with E-state index < -0.39 is 0 Å². The predicted molar refractivity (Wildman–Crippen MR) is 69.6 cm³/mol. The van der Waals surface area contributed by atoms with Gasteiger partial charge in [0.1, 0.15) is 0 Å². The summed E-state index contributed by atoms with van der Waals surface area (Å²) < 4.78 is 0. The summed E-state index contributed by atoms with van der Waals surface area (Å²) in [6, 6.07) is 0.742. The molecule has 2 rings (SSSR count). The van der Waals surface area contributed by atoms with Crippen LogP contribution in [-0.4, -0.2) is 36.1 Å². The summed E-state index contributed by atoms with van der Waals surface area (Å²) in [6.45, 7) is 12.0. The van der Waals surface area contributed by atoms with Crippen LogP contribution in [0, 0.1) is 5.92 Å². The average molecular weight is 222 g/mol. The SMILES string of the molecule is C=CCN1CC(C2CC2)NCC1(CC)CC. The van der Waals surface area contributed by atoms with Crippen LogP contribution in [0.5, 0.6) is 0 Å². The Morgan fingerprint density at radius 3 is 2.56 bits per heavy atom. The zero-order valence-corrected chi connectivity index (χ0v) is 10.8. The van der Waals surface area contributed by atoms with Crippen LogP contribution >= 0.6 is 0 Å². The van der Waals surface area contributed by atoms with Crippen molar-refractivity contribution < 1.29 is 0 Å². The maximum atomic E-state index is 3.91. The van der Waals surface area contributed by atoms with Crippen molar-refractivity contribution in [3.8, 4) is 0 Å². The minimum Gasteiger partial charge on any atom is -0.311 e. The lowest BCUT2D eigenvalue weighted by atomic mass is 9.86. The Morgan fingerprint density at radius 1 is 1.38 bits per heavy atom. The van der Waals surface area contributed by atoms with Gasteiger partial charge in [-0.2, -0.15) is 0 Å². The van der Waals surface area contributed by atoms with Gasteiger partial charge < -0.3 is 5.32 Å². The van der Waals surface area contributed by atoms with Crippen molar-refractivity contribution in [2.45, 2.75) is 51.1 Å². The first-order valence-corrected chi connectivity index (χ1v) is 6.85. The topological polar surface area (TPSA) is 15.3 Å². The molecule has 0 aromatic rings. The molecule has 2 heteroatoms. The summed E-state index contributed by atoms with van der Waals surface area (Å²) in [4.78, 5) is 2.67. The third kappa shape index (κ3) is 2.18. The van der Waals surface area contributed by atoms with Crippen molar-refractivity contribution in [1.29, 1.82) is 0 Å². The molecule has 0 amide bonds. The first kappa shape index (κ1) is 12.1. The van der Waals surface area contributed by atoms with Crippen molar-refractivity contribution in [2.24, 2.45) is 5.92 Å². The number of hydrogen-bond acceptors (Lipinski definition) is 2. The van der Waals surface area contributed by atoms with Crippen LogP contribution in [0.15, 0.2) is 12.7 Å². The lowest BCUT2D eigenvalue weighted by molar-refractivity contribution is 0.0378. The highest BCUT2D eigenvalue weighted by atomic mass is 15.3. The van der Waals surface area contributed by atoms with Crippen LogP contribution in [0.2, 0.25) is 0 Å². The van der Waals surface area contributed by atoms with Gasteiger partial charge in [0.25, 0.3) is 0 Å². The smallest absolute Gasteiger partial charge is 0.0332 e. The van der Waals surface area contributed by atoms with E-state index in [1.165, 1.54) is 32.2 Å². The molecule has 2 fully saturated rings. The Kier molecular flexibility index (Phi) is 3.70. The Labute approximate surface area is 100 Å². The molecule has 1 unspecified atom stereocenters. The fraction of sp³-hybridized carbons (Fsp3) is 0.857. The molecule has 1 atom stereocenters. The summed E-state index contributed by atoms with van der Waals surface area (Å²) in [6.07, 6.45) is 7.41. The third-order valence-electron chi connectivity index (χ3n) is 4.64. The van der Waals surface area contributed by atoms with Gasteiger partial charge >= 0.3 is 0 Å². The molecule has 2 aliphatic rings. The predicted octanol–water partition coefficient (Wildman–Crippen LogP) is 2.42. The number of nitrogens with zero attached hydrogens (tertiary/aromatic N) is 1. The highest BCUT2D eigenvalue weighted by Gasteiger charge is 2.42. The molecular weight excluding hydrogens is 196 g/mol. The van der Waals surface area contributed by atoms with Crippen molar-refractivity contribution in [2.75, 3.05) is 19.6 Å². The van der Waals surface area contributed by atoms with Crippen molar-refractivity contribution in [1.82, 2.24) is 10.2 Å². The van der Waals surface area contributed by atoms with Crippen molar-refractivity contribution >= 4 is 0 Å². The fourth-order valence-corrected chi connectivity index (χ4v) is 3.11. The van der Waals surface area contributed by atoms with E-state index in [1.54, 1.807) is 0 Å². The van der Waals surface area contributed by atoms with E-state index in [1.807, 2.05) is 0 Å². The second-order valence-corrected chi connectivity index (χ2v) is 5.45. The number of piperazine rings is 1. The van der Waals surface area contributed by atoms with E-state index in [-0.39, 0.29) is 0 Å². The number of rotatable bonds is 5. The van der Waals surface area contributed by atoms with Gasteiger partial charge in [-0.3, -0.25) is 4.90 Å².